The van der Waals surface area contributed by atoms with Crippen LogP contribution in [0.3, 0.4) is 0 Å². The Morgan fingerprint density at radius 1 is 1.37 bits per heavy atom. The van der Waals surface area contributed by atoms with Crippen molar-refractivity contribution in [1.29, 1.82) is 5.26 Å². The molecule has 6 rings (SSSR count). The molecule has 3 aliphatic heterocycles. The monoisotopic (exact) mass is 508 g/mol. The highest BCUT2D eigenvalue weighted by Crippen LogP contribution is 2.30. The maximum Gasteiger partial charge on any atom is 0.490 e. The molecule has 184 valence electrons. The van der Waals surface area contributed by atoms with Crippen molar-refractivity contribution in [3.05, 3.63) is 29.0 Å². The van der Waals surface area contributed by atoms with Gasteiger partial charge in [-0.15, -0.1) is 11.3 Å². The van der Waals surface area contributed by atoms with Crippen molar-refractivity contribution < 1.29 is 27.9 Å². The van der Waals surface area contributed by atoms with E-state index in [2.05, 4.69) is 25.6 Å². The molecular formula is C20H19F3N8O3S. The summed E-state index contributed by atoms with van der Waals surface area (Å²) in [5.41, 5.74) is 1.62. The van der Waals surface area contributed by atoms with E-state index in [0.29, 0.717) is 28.9 Å². The number of carboxylic acid groups (broad SMARTS) is 1. The molecule has 2 atom stereocenters. The molecule has 2 bridgehead atoms. The molecule has 0 aliphatic carbocycles. The molecule has 15 heteroatoms. The maximum absolute atomic E-state index is 12.8. The average Bonchev–Trinajstić information content (AvgIpc) is 3.41. The molecule has 3 N–H and O–H groups in total. The number of aliphatic carboxylic acids is 1. The van der Waals surface area contributed by atoms with Crippen LogP contribution in [-0.2, 0) is 11.8 Å². The van der Waals surface area contributed by atoms with Gasteiger partial charge in [0, 0.05) is 43.8 Å². The number of nitriles is 1. The first-order valence-electron chi connectivity index (χ1n) is 10.4. The van der Waals surface area contributed by atoms with E-state index in [4.69, 9.17) is 14.9 Å². The molecule has 0 radical (unpaired) electrons. The number of anilines is 2. The Hall–Kier alpha value is -3.77. The molecule has 0 saturated carbocycles. The summed E-state index contributed by atoms with van der Waals surface area (Å²) < 4.78 is 33.2. The third-order valence-corrected chi connectivity index (χ3v) is 6.46. The number of rotatable bonds is 3. The van der Waals surface area contributed by atoms with Gasteiger partial charge in [0.1, 0.15) is 22.2 Å². The van der Waals surface area contributed by atoms with Crippen LogP contribution in [0.4, 0.5) is 24.7 Å². The summed E-state index contributed by atoms with van der Waals surface area (Å²) >= 11 is 1.39. The second-order valence-corrected chi connectivity index (χ2v) is 8.81. The molecular weight excluding hydrogens is 489 g/mol. The summed E-state index contributed by atoms with van der Waals surface area (Å²) in [7, 11) is 1.70. The number of halogens is 3. The number of hydrogen-bond donors (Lipinski definition) is 3. The summed E-state index contributed by atoms with van der Waals surface area (Å²) in [6, 6.07) is 2.89. The fraction of sp³-hybridized carbons (Fsp3) is 0.400. The minimum Gasteiger partial charge on any atom is -0.475 e. The first-order chi connectivity index (χ1) is 16.6. The number of amides is 1. The zero-order valence-electron chi connectivity index (χ0n) is 18.2. The standard InChI is InChI=1S/C18H18N8OS.C2HF3O2/c1-25-8-14(13(4-19)24-25)22-17(27)12-9-28-18-16(12)23-15(6-21-18)26-7-10-2-3-11(26)5-20-10;3-2(4,5)1(6)7/h6,8-11,20H,2-3,5,7H2,1H3,(H,22,27);(H,6,7)/t10-,11-;/m0./s1. The van der Waals surface area contributed by atoms with Crippen LogP contribution in [0.15, 0.2) is 17.8 Å². The molecule has 0 spiro atoms. The molecule has 11 nitrogen and oxygen atoms in total. The second kappa shape index (κ2) is 9.47. The van der Waals surface area contributed by atoms with Crippen molar-refractivity contribution in [2.75, 3.05) is 23.3 Å². The predicted molar refractivity (Wildman–Crippen MR) is 119 cm³/mol. The summed E-state index contributed by atoms with van der Waals surface area (Å²) in [6.45, 7) is 1.87. The number of alkyl halides is 3. The normalized spacial score (nSPS) is 19.1. The Labute approximate surface area is 200 Å². The van der Waals surface area contributed by atoms with E-state index in [1.165, 1.54) is 22.4 Å². The second-order valence-electron chi connectivity index (χ2n) is 7.95. The number of aryl methyl sites for hydroxylation is 1. The number of nitrogens with one attached hydrogen (secondary N) is 2. The van der Waals surface area contributed by atoms with Gasteiger partial charge >= 0.3 is 12.1 Å². The van der Waals surface area contributed by atoms with Gasteiger partial charge < -0.3 is 20.6 Å². The zero-order chi connectivity index (χ0) is 25.3. The summed E-state index contributed by atoms with van der Waals surface area (Å²) in [5, 5.41) is 28.4. The molecule has 6 heterocycles. The largest absolute Gasteiger partial charge is 0.490 e. The SMILES string of the molecule is Cn1cc(NC(=O)c2csc3ncc(N4C[C@@H]5CC[C@H]4CN5)nc23)c(C#N)n1.O=C(O)C(F)(F)F. The van der Waals surface area contributed by atoms with Crippen LogP contribution < -0.4 is 15.5 Å². The van der Waals surface area contributed by atoms with Gasteiger partial charge in [0.25, 0.3) is 5.91 Å². The van der Waals surface area contributed by atoms with Crippen molar-refractivity contribution in [3.63, 3.8) is 0 Å². The lowest BCUT2D eigenvalue weighted by molar-refractivity contribution is -0.192. The number of carbonyl (C=O) groups is 2. The average molecular weight is 508 g/mol. The minimum absolute atomic E-state index is 0.180. The van der Waals surface area contributed by atoms with E-state index in [1.807, 2.05) is 6.07 Å². The topological polar surface area (TPSA) is 149 Å². The van der Waals surface area contributed by atoms with E-state index in [0.717, 1.165) is 30.2 Å². The van der Waals surface area contributed by atoms with Crippen LogP contribution in [0.25, 0.3) is 10.3 Å². The summed E-state index contributed by atoms with van der Waals surface area (Å²) in [4.78, 5) is 34.1. The lowest BCUT2D eigenvalue weighted by Gasteiger charge is -2.46. The highest BCUT2D eigenvalue weighted by atomic mass is 32.1. The van der Waals surface area contributed by atoms with Gasteiger partial charge in [0.15, 0.2) is 5.69 Å². The Kier molecular flexibility index (Phi) is 6.59. The van der Waals surface area contributed by atoms with E-state index >= 15 is 0 Å². The fourth-order valence-electron chi connectivity index (χ4n) is 3.94. The van der Waals surface area contributed by atoms with Crippen molar-refractivity contribution in [3.8, 4) is 6.07 Å². The molecule has 1 amide bonds. The van der Waals surface area contributed by atoms with Crippen molar-refractivity contribution >= 4 is 45.1 Å². The lowest BCUT2D eigenvalue weighted by atomic mass is 9.93. The number of carboxylic acids is 1. The number of aromatic nitrogens is 4. The number of hydrogen-bond acceptors (Lipinski definition) is 9. The van der Waals surface area contributed by atoms with Crippen LogP contribution in [0.2, 0.25) is 0 Å². The minimum atomic E-state index is -5.08. The molecule has 3 saturated heterocycles. The highest BCUT2D eigenvalue weighted by molar-refractivity contribution is 7.17. The van der Waals surface area contributed by atoms with Crippen LogP contribution in [0, 0.1) is 11.3 Å². The van der Waals surface area contributed by atoms with E-state index in [-0.39, 0.29) is 11.6 Å². The van der Waals surface area contributed by atoms with Gasteiger partial charge in [0.05, 0.1) is 17.4 Å². The van der Waals surface area contributed by atoms with Gasteiger partial charge in [-0.25, -0.2) is 14.8 Å². The molecule has 3 aromatic heterocycles. The van der Waals surface area contributed by atoms with Crippen LogP contribution in [0.5, 0.6) is 0 Å². The number of nitrogens with zero attached hydrogens (tertiary/aromatic N) is 6. The van der Waals surface area contributed by atoms with Gasteiger partial charge in [-0.2, -0.15) is 23.5 Å². The molecule has 3 aliphatic rings. The molecule has 35 heavy (non-hydrogen) atoms. The Balaban J connectivity index is 0.000000364. The Bertz CT molecular complexity index is 1310. The van der Waals surface area contributed by atoms with Crippen LogP contribution in [0.1, 0.15) is 28.9 Å². The van der Waals surface area contributed by atoms with Crippen molar-refractivity contribution in [1.82, 2.24) is 25.1 Å². The van der Waals surface area contributed by atoms with E-state index in [9.17, 15) is 23.2 Å². The Morgan fingerprint density at radius 3 is 2.69 bits per heavy atom. The summed E-state index contributed by atoms with van der Waals surface area (Å²) in [6.07, 6.45) is 0.664. The quantitative estimate of drug-likeness (QED) is 0.484. The molecule has 0 unspecified atom stereocenters. The van der Waals surface area contributed by atoms with Gasteiger partial charge in [-0.1, -0.05) is 0 Å². The molecule has 0 aromatic carbocycles. The molecule has 3 fully saturated rings. The molecule has 3 aromatic rings. The van der Waals surface area contributed by atoms with Gasteiger partial charge in [-0.3, -0.25) is 9.48 Å². The maximum atomic E-state index is 12.8. The third kappa shape index (κ3) is 5.17. The van der Waals surface area contributed by atoms with Crippen LogP contribution in [-0.4, -0.2) is 68.1 Å². The first kappa shape index (κ1) is 24.4. The Morgan fingerprint density at radius 2 is 2.11 bits per heavy atom. The highest BCUT2D eigenvalue weighted by Gasteiger charge is 2.38. The third-order valence-electron chi connectivity index (χ3n) is 5.58. The number of carbonyl (C=O) groups excluding carboxylic acids is 1. The van der Waals surface area contributed by atoms with Crippen molar-refractivity contribution in [2.45, 2.75) is 31.1 Å². The predicted octanol–water partition coefficient (Wildman–Crippen LogP) is 2.12. The number of fused-ring (bicyclic) bond motifs is 4. The van der Waals surface area contributed by atoms with E-state index < -0.39 is 12.1 Å². The smallest absolute Gasteiger partial charge is 0.475 e. The summed E-state index contributed by atoms with van der Waals surface area (Å²) in [5.74, 6) is -2.26. The fourth-order valence-corrected chi connectivity index (χ4v) is 4.77. The van der Waals surface area contributed by atoms with Crippen molar-refractivity contribution in [2.24, 2.45) is 7.05 Å². The van der Waals surface area contributed by atoms with Crippen LogP contribution >= 0.6 is 11.3 Å². The zero-order valence-corrected chi connectivity index (χ0v) is 19.0. The number of thiophene rings is 1. The first-order valence-corrected chi connectivity index (χ1v) is 11.2. The van der Waals surface area contributed by atoms with E-state index in [1.54, 1.807) is 24.8 Å². The number of piperazine rings is 1. The number of piperidine rings is 2. The van der Waals surface area contributed by atoms with Gasteiger partial charge in [-0.05, 0) is 12.8 Å². The van der Waals surface area contributed by atoms with Gasteiger partial charge in [0.2, 0.25) is 0 Å². The lowest BCUT2D eigenvalue weighted by Crippen LogP contribution is -2.61.